The van der Waals surface area contributed by atoms with E-state index >= 15 is 0 Å². The molecular formula is C17H10Cl3NO2. The number of carbonyl (C=O) groups is 1. The second-order valence-electron chi connectivity index (χ2n) is 4.91. The van der Waals surface area contributed by atoms with Crippen LogP contribution in [0.3, 0.4) is 0 Å². The van der Waals surface area contributed by atoms with Gasteiger partial charge in [-0.15, -0.1) is 0 Å². The van der Waals surface area contributed by atoms with Crippen LogP contribution in [-0.4, -0.2) is 16.1 Å². The number of benzene rings is 2. The Morgan fingerprint density at radius 1 is 0.870 bits per heavy atom. The first kappa shape index (κ1) is 15.9. The van der Waals surface area contributed by atoms with Crippen molar-refractivity contribution in [2.24, 2.45) is 0 Å². The maximum Gasteiger partial charge on any atom is 0.352 e. The zero-order chi connectivity index (χ0) is 16.6. The van der Waals surface area contributed by atoms with Gasteiger partial charge in [-0.05, 0) is 35.9 Å². The van der Waals surface area contributed by atoms with Gasteiger partial charge in [-0.3, -0.25) is 0 Å². The molecule has 2 aromatic carbocycles. The van der Waals surface area contributed by atoms with Crippen LogP contribution in [0.1, 0.15) is 10.5 Å². The topological polar surface area (TPSA) is 53.1 Å². The van der Waals surface area contributed by atoms with Crippen molar-refractivity contribution in [1.82, 2.24) is 4.98 Å². The molecular weight excluding hydrogens is 357 g/mol. The summed E-state index contributed by atoms with van der Waals surface area (Å²) in [7, 11) is 0. The van der Waals surface area contributed by atoms with Crippen molar-refractivity contribution in [2.45, 2.75) is 0 Å². The lowest BCUT2D eigenvalue weighted by molar-refractivity contribution is 0.0691. The summed E-state index contributed by atoms with van der Waals surface area (Å²) in [5.74, 6) is -1.04. The highest BCUT2D eigenvalue weighted by Crippen LogP contribution is 2.37. The fourth-order valence-corrected chi connectivity index (χ4v) is 2.97. The number of H-pyrrole nitrogens is 1. The summed E-state index contributed by atoms with van der Waals surface area (Å²) in [5, 5.41) is 10.8. The molecule has 0 radical (unpaired) electrons. The van der Waals surface area contributed by atoms with Crippen LogP contribution in [0.2, 0.25) is 15.1 Å². The maximum atomic E-state index is 11.3. The Bertz CT molecular complexity index is 885. The molecule has 0 fully saturated rings. The molecule has 0 amide bonds. The van der Waals surface area contributed by atoms with E-state index in [4.69, 9.17) is 34.8 Å². The third-order valence-electron chi connectivity index (χ3n) is 3.40. The van der Waals surface area contributed by atoms with Gasteiger partial charge in [-0.2, -0.15) is 0 Å². The maximum absolute atomic E-state index is 11.3. The molecule has 3 aromatic rings. The normalized spacial score (nSPS) is 10.7. The molecule has 1 aromatic heterocycles. The van der Waals surface area contributed by atoms with E-state index < -0.39 is 5.97 Å². The number of rotatable bonds is 3. The summed E-state index contributed by atoms with van der Waals surface area (Å²) < 4.78 is 0. The first-order chi connectivity index (χ1) is 11.0. The molecule has 0 unspecified atom stereocenters. The monoisotopic (exact) mass is 365 g/mol. The molecule has 0 saturated heterocycles. The number of aromatic carboxylic acids is 1. The predicted molar refractivity (Wildman–Crippen MR) is 93.7 cm³/mol. The van der Waals surface area contributed by atoms with Crippen molar-refractivity contribution in [3.63, 3.8) is 0 Å². The molecule has 23 heavy (non-hydrogen) atoms. The first-order valence-corrected chi connectivity index (χ1v) is 7.77. The standard InChI is InChI=1S/C17H10Cl3NO2/c18-10-3-1-9(2-4-10)16-13(8-15(21-16)17(22)23)12-6-5-11(19)7-14(12)20/h1-8,21H,(H,22,23). The first-order valence-electron chi connectivity index (χ1n) is 6.63. The second kappa shape index (κ2) is 6.28. The molecule has 6 heteroatoms. The van der Waals surface area contributed by atoms with Crippen molar-refractivity contribution >= 4 is 40.8 Å². The fraction of sp³-hybridized carbons (Fsp3) is 0. The lowest BCUT2D eigenvalue weighted by Gasteiger charge is -2.07. The van der Waals surface area contributed by atoms with Crippen molar-refractivity contribution in [3.8, 4) is 22.4 Å². The Morgan fingerprint density at radius 3 is 2.13 bits per heavy atom. The second-order valence-corrected chi connectivity index (χ2v) is 6.19. The minimum Gasteiger partial charge on any atom is -0.477 e. The van der Waals surface area contributed by atoms with Crippen LogP contribution in [0.4, 0.5) is 0 Å². The number of carboxylic acid groups (broad SMARTS) is 1. The van der Waals surface area contributed by atoms with Crippen LogP contribution in [0.5, 0.6) is 0 Å². The molecule has 0 aliphatic heterocycles. The van der Waals surface area contributed by atoms with Gasteiger partial charge >= 0.3 is 5.97 Å². The molecule has 0 bridgehead atoms. The summed E-state index contributed by atoms with van der Waals surface area (Å²) >= 11 is 18.1. The summed E-state index contributed by atoms with van der Waals surface area (Å²) in [4.78, 5) is 14.2. The minimum absolute atomic E-state index is 0.0796. The third kappa shape index (κ3) is 3.22. The molecule has 0 saturated carbocycles. The number of nitrogens with one attached hydrogen (secondary N) is 1. The summed E-state index contributed by atoms with van der Waals surface area (Å²) in [6, 6.07) is 13.8. The Hall–Kier alpha value is -1.94. The molecule has 0 aliphatic carbocycles. The number of halogens is 3. The van der Waals surface area contributed by atoms with Gasteiger partial charge in [0.25, 0.3) is 0 Å². The number of hydrogen-bond acceptors (Lipinski definition) is 1. The van der Waals surface area contributed by atoms with Gasteiger partial charge in [0, 0.05) is 26.2 Å². The molecule has 2 N–H and O–H groups in total. The zero-order valence-electron chi connectivity index (χ0n) is 11.6. The number of carboxylic acids is 1. The zero-order valence-corrected chi connectivity index (χ0v) is 13.9. The van der Waals surface area contributed by atoms with E-state index in [1.807, 2.05) is 12.1 Å². The average molecular weight is 367 g/mol. The van der Waals surface area contributed by atoms with Crippen LogP contribution in [0.25, 0.3) is 22.4 Å². The van der Waals surface area contributed by atoms with Crippen LogP contribution in [-0.2, 0) is 0 Å². The highest BCUT2D eigenvalue weighted by Gasteiger charge is 2.17. The summed E-state index contributed by atoms with van der Waals surface area (Å²) in [6.07, 6.45) is 0. The number of aromatic amines is 1. The van der Waals surface area contributed by atoms with E-state index in [9.17, 15) is 9.90 Å². The molecule has 3 nitrogen and oxygen atoms in total. The van der Waals surface area contributed by atoms with Crippen molar-refractivity contribution in [3.05, 3.63) is 69.3 Å². The lowest BCUT2D eigenvalue weighted by Crippen LogP contribution is -1.95. The van der Waals surface area contributed by atoms with Gasteiger partial charge in [0.05, 0.1) is 5.69 Å². The Kier molecular flexibility index (Phi) is 4.35. The van der Waals surface area contributed by atoms with Crippen LogP contribution < -0.4 is 0 Å². The number of aromatic nitrogens is 1. The van der Waals surface area contributed by atoms with Crippen LogP contribution in [0, 0.1) is 0 Å². The van der Waals surface area contributed by atoms with Gasteiger partial charge in [0.15, 0.2) is 0 Å². The molecule has 0 aliphatic rings. The van der Waals surface area contributed by atoms with Gasteiger partial charge in [-0.25, -0.2) is 4.79 Å². The van der Waals surface area contributed by atoms with E-state index in [2.05, 4.69) is 4.98 Å². The van der Waals surface area contributed by atoms with Crippen molar-refractivity contribution < 1.29 is 9.90 Å². The largest absolute Gasteiger partial charge is 0.477 e. The Labute approximate surface area is 147 Å². The van der Waals surface area contributed by atoms with Crippen molar-refractivity contribution in [2.75, 3.05) is 0 Å². The van der Waals surface area contributed by atoms with E-state index in [0.717, 1.165) is 5.56 Å². The van der Waals surface area contributed by atoms with Gasteiger partial charge < -0.3 is 10.1 Å². The number of hydrogen-bond donors (Lipinski definition) is 2. The third-order valence-corrected chi connectivity index (χ3v) is 4.20. The van der Waals surface area contributed by atoms with Gasteiger partial charge in [0.2, 0.25) is 0 Å². The molecule has 1 heterocycles. The van der Waals surface area contributed by atoms with E-state index in [0.29, 0.717) is 31.9 Å². The van der Waals surface area contributed by atoms with Crippen LogP contribution >= 0.6 is 34.8 Å². The predicted octanol–water partition coefficient (Wildman–Crippen LogP) is 6.01. The molecule has 0 spiro atoms. The summed E-state index contributed by atoms with van der Waals surface area (Å²) in [5.41, 5.74) is 2.93. The van der Waals surface area contributed by atoms with E-state index in [1.54, 1.807) is 36.4 Å². The lowest BCUT2D eigenvalue weighted by atomic mass is 10.0. The minimum atomic E-state index is -1.04. The molecule has 0 atom stereocenters. The summed E-state index contributed by atoms with van der Waals surface area (Å²) in [6.45, 7) is 0. The molecule has 3 rings (SSSR count). The molecule has 116 valence electrons. The van der Waals surface area contributed by atoms with Crippen LogP contribution in [0.15, 0.2) is 48.5 Å². The van der Waals surface area contributed by atoms with E-state index in [1.165, 1.54) is 0 Å². The van der Waals surface area contributed by atoms with Gasteiger partial charge in [0.1, 0.15) is 5.69 Å². The Balaban J connectivity index is 2.22. The smallest absolute Gasteiger partial charge is 0.352 e. The Morgan fingerprint density at radius 2 is 1.52 bits per heavy atom. The quantitative estimate of drug-likeness (QED) is 0.596. The highest BCUT2D eigenvalue weighted by molar-refractivity contribution is 6.36. The van der Waals surface area contributed by atoms with Crippen molar-refractivity contribution in [1.29, 1.82) is 0 Å². The highest BCUT2D eigenvalue weighted by atomic mass is 35.5. The van der Waals surface area contributed by atoms with Gasteiger partial charge in [-0.1, -0.05) is 53.0 Å². The fourth-order valence-electron chi connectivity index (χ4n) is 2.33. The van der Waals surface area contributed by atoms with E-state index in [-0.39, 0.29) is 5.69 Å². The average Bonchev–Trinajstić information content (AvgIpc) is 2.93. The SMILES string of the molecule is O=C(O)c1cc(-c2ccc(Cl)cc2Cl)c(-c2ccc(Cl)cc2)[nH]1.